The maximum Gasteiger partial charge on any atom is 0.261 e. The molecule has 5 rings (SSSR count). The van der Waals surface area contributed by atoms with Crippen LogP contribution in [0.5, 0.6) is 0 Å². The van der Waals surface area contributed by atoms with Gasteiger partial charge in [-0.15, -0.1) is 0 Å². The van der Waals surface area contributed by atoms with Gasteiger partial charge < -0.3 is 14.8 Å². The Hall–Kier alpha value is -3.68. The molecule has 2 aromatic heterocycles. The van der Waals surface area contributed by atoms with Gasteiger partial charge in [0.05, 0.1) is 11.4 Å². The summed E-state index contributed by atoms with van der Waals surface area (Å²) in [5.41, 5.74) is 5.37. The number of amides is 1. The van der Waals surface area contributed by atoms with E-state index in [4.69, 9.17) is 5.10 Å². The summed E-state index contributed by atoms with van der Waals surface area (Å²) >= 11 is 0. The lowest BCUT2D eigenvalue weighted by atomic mass is 10.1. The van der Waals surface area contributed by atoms with E-state index in [1.165, 1.54) is 11.1 Å². The van der Waals surface area contributed by atoms with Gasteiger partial charge in [-0.2, -0.15) is 5.10 Å². The lowest BCUT2D eigenvalue weighted by Gasteiger charge is -2.34. The quantitative estimate of drug-likeness (QED) is 0.416. The van der Waals surface area contributed by atoms with Crippen LogP contribution in [0.2, 0.25) is 0 Å². The Labute approximate surface area is 213 Å². The van der Waals surface area contributed by atoms with E-state index in [0.29, 0.717) is 11.3 Å². The number of anilines is 1. The summed E-state index contributed by atoms with van der Waals surface area (Å²) in [6.07, 6.45) is 3.88. The van der Waals surface area contributed by atoms with E-state index in [0.717, 1.165) is 56.5 Å². The van der Waals surface area contributed by atoms with Gasteiger partial charge in [0, 0.05) is 50.8 Å². The van der Waals surface area contributed by atoms with Crippen molar-refractivity contribution < 1.29 is 4.79 Å². The lowest BCUT2D eigenvalue weighted by Crippen LogP contribution is -2.45. The van der Waals surface area contributed by atoms with Crippen molar-refractivity contribution in [3.63, 3.8) is 0 Å². The van der Waals surface area contributed by atoms with E-state index < -0.39 is 0 Å². The molecule has 186 valence electrons. The summed E-state index contributed by atoms with van der Waals surface area (Å²) in [6.45, 7) is 12.7. The molecule has 7 nitrogen and oxygen atoms in total. The molecule has 3 heterocycles. The third-order valence-corrected chi connectivity index (χ3v) is 6.92. The molecule has 1 fully saturated rings. The number of hydrogen-bond acceptors (Lipinski definition) is 4. The monoisotopic (exact) mass is 482 g/mol. The van der Waals surface area contributed by atoms with Gasteiger partial charge in [-0.05, 0) is 62.4 Å². The average molecular weight is 483 g/mol. The number of aromatic nitrogens is 3. The SMILES string of the molecule is CCN1CCN(Cc2ccc(NC(=O)c3c(C)nn(-c4ccc(C)cc4)c3-n3cccc3)cc2)CC1. The summed E-state index contributed by atoms with van der Waals surface area (Å²) in [6, 6.07) is 20.3. The maximum absolute atomic E-state index is 13.5. The number of nitrogens with one attached hydrogen (secondary N) is 1. The Morgan fingerprint density at radius 1 is 0.889 bits per heavy atom. The third kappa shape index (κ3) is 5.12. The summed E-state index contributed by atoms with van der Waals surface area (Å²) in [7, 11) is 0. The summed E-state index contributed by atoms with van der Waals surface area (Å²) in [4.78, 5) is 18.5. The highest BCUT2D eigenvalue weighted by atomic mass is 16.1. The molecule has 1 aliphatic heterocycles. The molecule has 0 radical (unpaired) electrons. The van der Waals surface area contributed by atoms with E-state index in [2.05, 4.69) is 53.2 Å². The smallest absolute Gasteiger partial charge is 0.261 e. The van der Waals surface area contributed by atoms with Crippen LogP contribution < -0.4 is 5.32 Å². The fourth-order valence-corrected chi connectivity index (χ4v) is 4.77. The van der Waals surface area contributed by atoms with Crippen LogP contribution in [-0.2, 0) is 6.54 Å². The highest BCUT2D eigenvalue weighted by Gasteiger charge is 2.24. The maximum atomic E-state index is 13.5. The van der Waals surface area contributed by atoms with E-state index in [9.17, 15) is 4.79 Å². The molecular weight excluding hydrogens is 448 g/mol. The van der Waals surface area contributed by atoms with E-state index in [1.807, 2.05) is 65.0 Å². The van der Waals surface area contributed by atoms with E-state index >= 15 is 0 Å². The lowest BCUT2D eigenvalue weighted by molar-refractivity contribution is 0.102. The van der Waals surface area contributed by atoms with E-state index in [-0.39, 0.29) is 5.91 Å². The minimum Gasteiger partial charge on any atom is -0.322 e. The Kier molecular flexibility index (Phi) is 7.02. The first-order valence-electron chi connectivity index (χ1n) is 12.7. The molecule has 0 saturated carbocycles. The van der Waals surface area contributed by atoms with Crippen molar-refractivity contribution in [3.05, 3.63) is 95.4 Å². The van der Waals surface area contributed by atoms with Gasteiger partial charge in [0.1, 0.15) is 5.56 Å². The molecule has 2 aromatic carbocycles. The Morgan fingerprint density at radius 3 is 2.17 bits per heavy atom. The molecule has 1 amide bonds. The van der Waals surface area contributed by atoms with Gasteiger partial charge in [-0.25, -0.2) is 4.68 Å². The number of hydrogen-bond donors (Lipinski definition) is 1. The van der Waals surface area contributed by atoms with Crippen molar-refractivity contribution in [3.8, 4) is 11.5 Å². The minimum atomic E-state index is -0.169. The molecule has 1 N–H and O–H groups in total. The van der Waals surface area contributed by atoms with Crippen LogP contribution in [0.3, 0.4) is 0 Å². The summed E-state index contributed by atoms with van der Waals surface area (Å²) in [5, 5.41) is 7.84. The van der Waals surface area contributed by atoms with Crippen LogP contribution in [0.15, 0.2) is 73.1 Å². The first-order valence-corrected chi connectivity index (χ1v) is 12.7. The molecule has 0 bridgehead atoms. The second-order valence-electron chi connectivity index (χ2n) is 9.48. The molecule has 0 aliphatic carbocycles. The second-order valence-corrected chi connectivity index (χ2v) is 9.48. The topological polar surface area (TPSA) is 58.3 Å². The molecular formula is C29H34N6O. The van der Waals surface area contributed by atoms with Crippen LogP contribution >= 0.6 is 0 Å². The molecule has 0 atom stereocenters. The van der Waals surface area contributed by atoms with Crippen LogP contribution in [0.25, 0.3) is 11.5 Å². The van der Waals surface area contributed by atoms with Crippen molar-refractivity contribution in [2.24, 2.45) is 0 Å². The number of piperazine rings is 1. The number of nitrogens with zero attached hydrogens (tertiary/aromatic N) is 5. The summed E-state index contributed by atoms with van der Waals surface area (Å²) in [5.74, 6) is 0.555. The number of likely N-dealkylation sites (N-methyl/N-ethyl adjacent to an activating group) is 1. The van der Waals surface area contributed by atoms with Crippen LogP contribution in [0, 0.1) is 13.8 Å². The minimum absolute atomic E-state index is 0.169. The van der Waals surface area contributed by atoms with Crippen molar-refractivity contribution in [2.45, 2.75) is 27.3 Å². The molecule has 4 aromatic rings. The zero-order valence-corrected chi connectivity index (χ0v) is 21.3. The van der Waals surface area contributed by atoms with E-state index in [1.54, 1.807) is 0 Å². The van der Waals surface area contributed by atoms with Gasteiger partial charge in [0.2, 0.25) is 0 Å². The van der Waals surface area contributed by atoms with Gasteiger partial charge >= 0.3 is 0 Å². The second kappa shape index (κ2) is 10.5. The van der Waals surface area contributed by atoms with Crippen molar-refractivity contribution >= 4 is 11.6 Å². The molecule has 0 unspecified atom stereocenters. The van der Waals surface area contributed by atoms with Gasteiger partial charge in [0.15, 0.2) is 5.82 Å². The Bertz CT molecular complexity index is 1300. The molecule has 36 heavy (non-hydrogen) atoms. The first kappa shape index (κ1) is 24.0. The van der Waals surface area contributed by atoms with Gasteiger partial charge in [-0.1, -0.05) is 36.8 Å². The Morgan fingerprint density at radius 2 is 1.53 bits per heavy atom. The highest BCUT2D eigenvalue weighted by molar-refractivity contribution is 6.07. The predicted octanol–water partition coefficient (Wildman–Crippen LogP) is 4.67. The number of benzene rings is 2. The summed E-state index contributed by atoms with van der Waals surface area (Å²) < 4.78 is 3.78. The van der Waals surface area contributed by atoms with Crippen molar-refractivity contribution in [2.75, 3.05) is 38.0 Å². The molecule has 1 aliphatic rings. The number of carbonyl (C=O) groups excluding carboxylic acids is 1. The molecule has 0 spiro atoms. The van der Waals surface area contributed by atoms with Gasteiger partial charge in [0.25, 0.3) is 5.91 Å². The highest BCUT2D eigenvalue weighted by Crippen LogP contribution is 2.25. The standard InChI is InChI=1S/C29H34N6O/c1-4-32-17-19-33(20-18-32)21-24-9-11-25(12-10-24)30-28(36)27-23(3)31-35(26-13-7-22(2)8-14-26)29(27)34-15-5-6-16-34/h5-16H,4,17-21H2,1-3H3,(H,30,36). The normalized spacial score (nSPS) is 14.8. The molecule has 1 saturated heterocycles. The largest absolute Gasteiger partial charge is 0.322 e. The molecule has 7 heteroatoms. The van der Waals surface area contributed by atoms with Crippen LogP contribution in [0.1, 0.15) is 34.1 Å². The number of rotatable bonds is 7. The fraction of sp³-hybridized carbons (Fsp3) is 0.310. The number of aryl methyl sites for hydroxylation is 2. The Balaban J connectivity index is 1.35. The van der Waals surface area contributed by atoms with Crippen molar-refractivity contribution in [1.82, 2.24) is 24.1 Å². The third-order valence-electron chi connectivity index (χ3n) is 6.92. The fourth-order valence-electron chi connectivity index (χ4n) is 4.77. The zero-order chi connectivity index (χ0) is 25.1. The van der Waals surface area contributed by atoms with Gasteiger partial charge in [-0.3, -0.25) is 9.69 Å². The zero-order valence-electron chi connectivity index (χ0n) is 21.3. The average Bonchev–Trinajstić information content (AvgIpc) is 3.54. The van der Waals surface area contributed by atoms with Crippen molar-refractivity contribution in [1.29, 1.82) is 0 Å². The van der Waals surface area contributed by atoms with Crippen LogP contribution in [0.4, 0.5) is 5.69 Å². The van der Waals surface area contributed by atoms with Crippen LogP contribution in [-0.4, -0.2) is 62.8 Å². The number of carbonyl (C=O) groups is 1. The first-order chi connectivity index (χ1) is 17.5. The predicted molar refractivity (Wildman–Crippen MR) is 144 cm³/mol.